The van der Waals surface area contributed by atoms with Crippen LogP contribution >= 0.6 is 34.5 Å². The number of hydrogen-bond donors (Lipinski definition) is 1. The van der Waals surface area contributed by atoms with Crippen LogP contribution in [-0.4, -0.2) is 35.6 Å². The van der Waals surface area contributed by atoms with Crippen molar-refractivity contribution in [2.45, 2.75) is 19.8 Å². The van der Waals surface area contributed by atoms with Crippen LogP contribution in [0, 0.1) is 0 Å². The molecule has 32 heavy (non-hydrogen) atoms. The van der Waals surface area contributed by atoms with E-state index in [1.165, 1.54) is 11.3 Å². The first-order chi connectivity index (χ1) is 15.5. The van der Waals surface area contributed by atoms with Gasteiger partial charge in [-0.1, -0.05) is 41.4 Å². The lowest BCUT2D eigenvalue weighted by atomic mass is 10.1. The minimum Gasteiger partial charge on any atom is -0.487 e. The SMILES string of the molecule is CCOCC(=O)c1cc2c(-c3cc(OCC4=CCCC=C4)c(Cl)cc3Cl)nc(N)nc2s1. The van der Waals surface area contributed by atoms with Crippen molar-refractivity contribution in [3.63, 3.8) is 0 Å². The minimum absolute atomic E-state index is 0.00551. The standard InChI is InChI=1S/C23H21Cl2N3O3S/c1-2-30-12-18(29)20-9-15-21(27-23(26)28-22(15)32-20)14-8-19(17(25)10-16(14)24)31-11-13-6-4-3-5-7-13/h4,6-10H,2-3,5,11-12H2,1H3,(H2,26,27,28). The zero-order valence-electron chi connectivity index (χ0n) is 17.4. The summed E-state index contributed by atoms with van der Waals surface area (Å²) in [6.07, 6.45) is 8.35. The number of nitrogen functional groups attached to an aromatic ring is 1. The van der Waals surface area contributed by atoms with Crippen LogP contribution in [0.15, 0.2) is 42.0 Å². The van der Waals surface area contributed by atoms with Crippen LogP contribution in [0.2, 0.25) is 10.0 Å². The Morgan fingerprint density at radius 2 is 2.03 bits per heavy atom. The third-order valence-electron chi connectivity index (χ3n) is 4.86. The van der Waals surface area contributed by atoms with Gasteiger partial charge in [-0.3, -0.25) is 4.79 Å². The lowest BCUT2D eigenvalue weighted by Gasteiger charge is -2.13. The fourth-order valence-corrected chi connectivity index (χ4v) is 4.79. The molecule has 0 saturated heterocycles. The van der Waals surface area contributed by atoms with Crippen LogP contribution in [0.25, 0.3) is 21.5 Å². The first-order valence-electron chi connectivity index (χ1n) is 10.1. The smallest absolute Gasteiger partial charge is 0.221 e. The number of carbonyl (C=O) groups excluding carboxylic acids is 1. The summed E-state index contributed by atoms with van der Waals surface area (Å²) in [5.41, 5.74) is 8.17. The molecule has 1 aliphatic rings. The quantitative estimate of drug-likeness (QED) is 0.383. The lowest BCUT2D eigenvalue weighted by molar-refractivity contribution is 0.0787. The van der Waals surface area contributed by atoms with Gasteiger partial charge in [0, 0.05) is 17.6 Å². The first kappa shape index (κ1) is 22.7. The zero-order chi connectivity index (χ0) is 22.7. The molecule has 166 valence electrons. The van der Waals surface area contributed by atoms with Gasteiger partial charge < -0.3 is 15.2 Å². The number of ether oxygens (including phenoxy) is 2. The summed E-state index contributed by atoms with van der Waals surface area (Å²) in [6.45, 7) is 2.70. The van der Waals surface area contributed by atoms with E-state index >= 15 is 0 Å². The Morgan fingerprint density at radius 1 is 1.19 bits per heavy atom. The molecule has 1 aromatic carbocycles. The number of rotatable bonds is 8. The summed E-state index contributed by atoms with van der Waals surface area (Å²) in [6, 6.07) is 5.12. The van der Waals surface area contributed by atoms with Crippen molar-refractivity contribution >= 4 is 56.5 Å². The molecule has 0 radical (unpaired) electrons. The highest BCUT2D eigenvalue weighted by Gasteiger charge is 2.19. The maximum atomic E-state index is 12.4. The summed E-state index contributed by atoms with van der Waals surface area (Å²) >= 11 is 14.2. The van der Waals surface area contributed by atoms with Gasteiger partial charge in [-0.05, 0) is 43.5 Å². The maximum Gasteiger partial charge on any atom is 0.221 e. The van der Waals surface area contributed by atoms with Crippen LogP contribution in [0.4, 0.5) is 5.95 Å². The highest BCUT2D eigenvalue weighted by Crippen LogP contribution is 2.40. The van der Waals surface area contributed by atoms with Gasteiger partial charge in [0.2, 0.25) is 5.95 Å². The maximum absolute atomic E-state index is 12.4. The van der Waals surface area contributed by atoms with E-state index in [-0.39, 0.29) is 18.3 Å². The first-order valence-corrected chi connectivity index (χ1v) is 11.7. The average molecular weight is 490 g/mol. The van der Waals surface area contributed by atoms with E-state index in [0.29, 0.717) is 55.4 Å². The van der Waals surface area contributed by atoms with E-state index in [2.05, 4.69) is 28.2 Å². The number of Topliss-reactive ketones (excluding diaryl/α,β-unsaturated/α-hetero) is 1. The van der Waals surface area contributed by atoms with Crippen molar-refractivity contribution in [1.29, 1.82) is 0 Å². The van der Waals surface area contributed by atoms with E-state index in [9.17, 15) is 4.79 Å². The molecule has 0 spiro atoms. The Labute approximate surface area is 199 Å². The van der Waals surface area contributed by atoms with E-state index in [4.69, 9.17) is 38.4 Å². The van der Waals surface area contributed by atoms with Gasteiger partial charge in [-0.25, -0.2) is 9.97 Å². The molecule has 0 saturated carbocycles. The van der Waals surface area contributed by atoms with E-state index in [1.54, 1.807) is 18.2 Å². The van der Waals surface area contributed by atoms with E-state index < -0.39 is 0 Å². The Kier molecular flexibility index (Phi) is 7.10. The summed E-state index contributed by atoms with van der Waals surface area (Å²) in [5, 5.41) is 1.47. The van der Waals surface area contributed by atoms with Crippen molar-refractivity contribution in [2.24, 2.45) is 0 Å². The largest absolute Gasteiger partial charge is 0.487 e. The number of ketones is 1. The molecule has 0 fully saturated rings. The van der Waals surface area contributed by atoms with Crippen LogP contribution in [0.1, 0.15) is 29.4 Å². The van der Waals surface area contributed by atoms with Gasteiger partial charge >= 0.3 is 0 Å². The number of carbonyl (C=O) groups is 1. The molecule has 0 atom stereocenters. The molecule has 9 heteroatoms. The molecule has 0 aliphatic heterocycles. The molecule has 2 heterocycles. The number of benzene rings is 1. The highest BCUT2D eigenvalue weighted by molar-refractivity contribution is 7.20. The van der Waals surface area contributed by atoms with Crippen molar-refractivity contribution in [3.05, 3.63) is 56.9 Å². The number of thiophene rings is 1. The molecule has 0 unspecified atom stereocenters. The molecule has 3 aromatic rings. The Bertz CT molecular complexity index is 1240. The second-order valence-corrected chi connectivity index (χ2v) is 8.98. The molecule has 2 N–H and O–H groups in total. The van der Waals surface area contributed by atoms with Gasteiger partial charge in [0.15, 0.2) is 5.78 Å². The van der Waals surface area contributed by atoms with Gasteiger partial charge in [-0.2, -0.15) is 0 Å². The van der Waals surface area contributed by atoms with Gasteiger partial charge in [0.05, 0.1) is 20.6 Å². The van der Waals surface area contributed by atoms with Gasteiger partial charge in [0.1, 0.15) is 23.8 Å². The normalized spacial score (nSPS) is 13.4. The molecule has 0 bridgehead atoms. The van der Waals surface area contributed by atoms with Crippen molar-refractivity contribution in [2.75, 3.05) is 25.6 Å². The van der Waals surface area contributed by atoms with E-state index in [1.807, 2.05) is 6.92 Å². The van der Waals surface area contributed by atoms with E-state index in [0.717, 1.165) is 18.4 Å². The lowest BCUT2D eigenvalue weighted by Crippen LogP contribution is -2.06. The predicted molar refractivity (Wildman–Crippen MR) is 130 cm³/mol. The Morgan fingerprint density at radius 3 is 2.78 bits per heavy atom. The summed E-state index contributed by atoms with van der Waals surface area (Å²) in [4.78, 5) is 22.3. The molecule has 6 nitrogen and oxygen atoms in total. The average Bonchev–Trinajstić information content (AvgIpc) is 3.21. The zero-order valence-corrected chi connectivity index (χ0v) is 19.7. The summed E-state index contributed by atoms with van der Waals surface area (Å²) in [5.74, 6) is 0.447. The highest BCUT2D eigenvalue weighted by atomic mass is 35.5. The fourth-order valence-electron chi connectivity index (χ4n) is 3.30. The van der Waals surface area contributed by atoms with Crippen LogP contribution < -0.4 is 10.5 Å². The molecule has 2 aromatic heterocycles. The molecular formula is C23H21Cl2N3O3S. The third-order valence-corrected chi connectivity index (χ3v) is 6.54. The summed E-state index contributed by atoms with van der Waals surface area (Å²) in [7, 11) is 0. The molecule has 4 rings (SSSR count). The number of aromatic nitrogens is 2. The number of allylic oxidation sites excluding steroid dienone is 2. The minimum atomic E-state index is -0.126. The second-order valence-electron chi connectivity index (χ2n) is 7.13. The van der Waals surface area contributed by atoms with Gasteiger partial charge in [0.25, 0.3) is 0 Å². The topological polar surface area (TPSA) is 87.3 Å². The number of nitrogens with two attached hydrogens (primary N) is 1. The van der Waals surface area contributed by atoms with Crippen LogP contribution in [-0.2, 0) is 4.74 Å². The van der Waals surface area contributed by atoms with Gasteiger partial charge in [-0.15, -0.1) is 11.3 Å². The number of halogens is 2. The molecule has 0 amide bonds. The monoisotopic (exact) mass is 489 g/mol. The Balaban J connectivity index is 1.72. The van der Waals surface area contributed by atoms with Crippen LogP contribution in [0.3, 0.4) is 0 Å². The molecule has 1 aliphatic carbocycles. The number of hydrogen-bond acceptors (Lipinski definition) is 7. The third kappa shape index (κ3) is 4.96. The number of nitrogens with zero attached hydrogens (tertiary/aromatic N) is 2. The van der Waals surface area contributed by atoms with Crippen LogP contribution in [0.5, 0.6) is 5.75 Å². The fraction of sp³-hybridized carbons (Fsp3) is 0.261. The number of fused-ring (bicyclic) bond motifs is 1. The number of anilines is 1. The predicted octanol–water partition coefficient (Wildman–Crippen LogP) is 6.12. The second kappa shape index (κ2) is 10.0. The summed E-state index contributed by atoms with van der Waals surface area (Å²) < 4.78 is 11.2. The van der Waals surface area contributed by atoms with Crippen molar-refractivity contribution < 1.29 is 14.3 Å². The van der Waals surface area contributed by atoms with Crippen molar-refractivity contribution in [3.8, 4) is 17.0 Å². The molecular weight excluding hydrogens is 469 g/mol. The Hall–Kier alpha value is -2.45. The van der Waals surface area contributed by atoms with Crippen molar-refractivity contribution in [1.82, 2.24) is 9.97 Å².